The molecule has 2 amide bonds. The molecule has 0 aliphatic rings. The normalized spacial score (nSPS) is 11.8. The lowest BCUT2D eigenvalue weighted by atomic mass is 10.1. The van der Waals surface area contributed by atoms with Crippen molar-refractivity contribution in [3.63, 3.8) is 0 Å². The van der Waals surface area contributed by atoms with E-state index in [1.54, 1.807) is 38.1 Å². The van der Waals surface area contributed by atoms with Gasteiger partial charge in [-0.2, -0.15) is 0 Å². The molecule has 0 unspecified atom stereocenters. The summed E-state index contributed by atoms with van der Waals surface area (Å²) in [4.78, 5) is 24.5. The van der Waals surface area contributed by atoms with Gasteiger partial charge in [0.25, 0.3) is 5.91 Å². The fourth-order valence-corrected chi connectivity index (χ4v) is 1.61. The summed E-state index contributed by atoms with van der Waals surface area (Å²) < 4.78 is 0. The number of hydrogen-bond acceptors (Lipinski definition) is 3. The first-order valence-corrected chi connectivity index (χ1v) is 5.77. The van der Waals surface area contributed by atoms with Crippen LogP contribution >= 0.6 is 0 Å². The number of nitrogens with one attached hydrogen (secondary N) is 1. The van der Waals surface area contributed by atoms with Gasteiger partial charge >= 0.3 is 0 Å². The predicted octanol–water partition coefficient (Wildman–Crippen LogP) is 0.352. The number of rotatable bonds is 4. The Labute approximate surface area is 107 Å². The number of carbonyl (C=O) groups is 2. The van der Waals surface area contributed by atoms with E-state index in [2.05, 4.69) is 5.32 Å². The van der Waals surface area contributed by atoms with E-state index < -0.39 is 6.04 Å². The quantitative estimate of drug-likeness (QED) is 0.808. The van der Waals surface area contributed by atoms with Gasteiger partial charge in [0.2, 0.25) is 5.91 Å². The second kappa shape index (κ2) is 6.16. The highest BCUT2D eigenvalue weighted by Gasteiger charge is 2.13. The van der Waals surface area contributed by atoms with Crippen molar-refractivity contribution in [1.29, 1.82) is 0 Å². The number of nitrogens with two attached hydrogens (primary N) is 1. The van der Waals surface area contributed by atoms with Crippen LogP contribution in [0.3, 0.4) is 0 Å². The molecular formula is C13H19N3O2. The Morgan fingerprint density at radius 1 is 1.33 bits per heavy atom. The molecule has 0 bridgehead atoms. The highest BCUT2D eigenvalue weighted by Crippen LogP contribution is 2.07. The summed E-state index contributed by atoms with van der Waals surface area (Å²) in [6.07, 6.45) is 0. The average molecular weight is 249 g/mol. The van der Waals surface area contributed by atoms with Crippen molar-refractivity contribution in [2.45, 2.75) is 19.5 Å². The smallest absolute Gasteiger partial charge is 0.251 e. The first kappa shape index (κ1) is 14.2. The zero-order valence-corrected chi connectivity index (χ0v) is 10.9. The van der Waals surface area contributed by atoms with E-state index in [0.29, 0.717) is 12.1 Å². The monoisotopic (exact) mass is 249 g/mol. The molecule has 98 valence electrons. The third-order valence-corrected chi connectivity index (χ3v) is 2.63. The van der Waals surface area contributed by atoms with E-state index in [1.807, 2.05) is 12.1 Å². The van der Waals surface area contributed by atoms with Crippen molar-refractivity contribution < 1.29 is 9.59 Å². The van der Waals surface area contributed by atoms with E-state index in [4.69, 9.17) is 5.73 Å². The Balaban J connectivity index is 2.69. The summed E-state index contributed by atoms with van der Waals surface area (Å²) in [5.41, 5.74) is 7.09. The van der Waals surface area contributed by atoms with Crippen LogP contribution in [0.1, 0.15) is 22.8 Å². The minimum Gasteiger partial charge on any atom is -0.355 e. The molecule has 5 heteroatoms. The Morgan fingerprint density at radius 2 is 1.89 bits per heavy atom. The molecule has 5 nitrogen and oxygen atoms in total. The van der Waals surface area contributed by atoms with Gasteiger partial charge in [0, 0.05) is 26.2 Å². The van der Waals surface area contributed by atoms with Crippen molar-refractivity contribution in [2.24, 2.45) is 5.73 Å². The average Bonchev–Trinajstić information content (AvgIpc) is 2.37. The zero-order valence-electron chi connectivity index (χ0n) is 10.9. The standard InChI is InChI=1S/C13H19N3O2/c1-9(14)13(18)16(3)8-10-4-6-11(7-5-10)12(17)15-2/h4-7,9H,8,14H2,1-3H3,(H,15,17)/t9-/m1/s1. The largest absolute Gasteiger partial charge is 0.355 e. The van der Waals surface area contributed by atoms with Gasteiger partial charge in [0.05, 0.1) is 6.04 Å². The molecule has 3 N–H and O–H groups in total. The zero-order chi connectivity index (χ0) is 13.7. The Kier molecular flexibility index (Phi) is 4.85. The maximum absolute atomic E-state index is 11.6. The van der Waals surface area contributed by atoms with Gasteiger partial charge in [-0.1, -0.05) is 12.1 Å². The van der Waals surface area contributed by atoms with Crippen LogP contribution in [0.25, 0.3) is 0 Å². The summed E-state index contributed by atoms with van der Waals surface area (Å²) in [7, 11) is 3.30. The molecular weight excluding hydrogens is 230 g/mol. The van der Waals surface area contributed by atoms with Crippen LogP contribution in [0.5, 0.6) is 0 Å². The highest BCUT2D eigenvalue weighted by atomic mass is 16.2. The number of benzene rings is 1. The Bertz CT molecular complexity index is 426. The minimum absolute atomic E-state index is 0.106. The maximum Gasteiger partial charge on any atom is 0.251 e. The molecule has 1 rings (SSSR count). The molecule has 1 aromatic rings. The van der Waals surface area contributed by atoms with Crippen molar-refractivity contribution >= 4 is 11.8 Å². The SMILES string of the molecule is CNC(=O)c1ccc(CN(C)C(=O)[C@@H](C)N)cc1. The Morgan fingerprint density at radius 3 is 2.33 bits per heavy atom. The molecule has 0 saturated heterocycles. The number of amides is 2. The molecule has 18 heavy (non-hydrogen) atoms. The van der Waals surface area contributed by atoms with E-state index in [9.17, 15) is 9.59 Å². The van der Waals surface area contributed by atoms with Gasteiger partial charge in [-0.15, -0.1) is 0 Å². The van der Waals surface area contributed by atoms with E-state index in [-0.39, 0.29) is 11.8 Å². The van der Waals surface area contributed by atoms with E-state index in [0.717, 1.165) is 5.56 Å². The van der Waals surface area contributed by atoms with Gasteiger partial charge in [-0.3, -0.25) is 9.59 Å². The third-order valence-electron chi connectivity index (χ3n) is 2.63. The molecule has 1 atom stereocenters. The molecule has 0 radical (unpaired) electrons. The molecule has 0 aliphatic carbocycles. The lowest BCUT2D eigenvalue weighted by molar-refractivity contribution is -0.131. The van der Waals surface area contributed by atoms with E-state index >= 15 is 0 Å². The third kappa shape index (κ3) is 3.56. The van der Waals surface area contributed by atoms with E-state index in [1.165, 1.54) is 0 Å². The summed E-state index contributed by atoms with van der Waals surface area (Å²) in [5, 5.41) is 2.55. The van der Waals surface area contributed by atoms with Gasteiger partial charge in [-0.25, -0.2) is 0 Å². The Hall–Kier alpha value is -1.88. The van der Waals surface area contributed by atoms with Crippen LogP contribution in [0.2, 0.25) is 0 Å². The molecule has 0 saturated carbocycles. The molecule has 0 aromatic heterocycles. The van der Waals surface area contributed by atoms with Crippen molar-refractivity contribution in [3.05, 3.63) is 35.4 Å². The molecule has 0 heterocycles. The lowest BCUT2D eigenvalue weighted by Gasteiger charge is -2.19. The number of carbonyl (C=O) groups excluding carboxylic acids is 2. The second-order valence-corrected chi connectivity index (χ2v) is 4.26. The van der Waals surface area contributed by atoms with Gasteiger partial charge in [0.1, 0.15) is 0 Å². The van der Waals surface area contributed by atoms with Crippen LogP contribution in [-0.2, 0) is 11.3 Å². The van der Waals surface area contributed by atoms with Crippen molar-refractivity contribution in [3.8, 4) is 0 Å². The van der Waals surface area contributed by atoms with Gasteiger partial charge in [0.15, 0.2) is 0 Å². The highest BCUT2D eigenvalue weighted by molar-refractivity contribution is 5.93. The van der Waals surface area contributed by atoms with Crippen molar-refractivity contribution in [2.75, 3.05) is 14.1 Å². The molecule has 0 aliphatic heterocycles. The first-order chi connectivity index (χ1) is 8.45. The fourth-order valence-electron chi connectivity index (χ4n) is 1.61. The topological polar surface area (TPSA) is 75.4 Å². The summed E-state index contributed by atoms with van der Waals surface area (Å²) >= 11 is 0. The summed E-state index contributed by atoms with van der Waals surface area (Å²) in [6.45, 7) is 2.14. The van der Waals surface area contributed by atoms with Crippen LogP contribution in [0.15, 0.2) is 24.3 Å². The number of nitrogens with zero attached hydrogens (tertiary/aromatic N) is 1. The molecule has 1 aromatic carbocycles. The van der Waals surface area contributed by atoms with Gasteiger partial charge < -0.3 is 16.0 Å². The lowest BCUT2D eigenvalue weighted by Crippen LogP contribution is -2.39. The molecule has 0 spiro atoms. The van der Waals surface area contributed by atoms with Crippen LogP contribution < -0.4 is 11.1 Å². The maximum atomic E-state index is 11.6. The van der Waals surface area contributed by atoms with Gasteiger partial charge in [-0.05, 0) is 24.6 Å². The fraction of sp³-hybridized carbons (Fsp3) is 0.385. The number of hydrogen-bond donors (Lipinski definition) is 2. The second-order valence-electron chi connectivity index (χ2n) is 4.26. The molecule has 0 fully saturated rings. The summed E-state index contributed by atoms with van der Waals surface area (Å²) in [6, 6.07) is 6.63. The van der Waals surface area contributed by atoms with Crippen LogP contribution in [0.4, 0.5) is 0 Å². The van der Waals surface area contributed by atoms with Crippen molar-refractivity contribution in [1.82, 2.24) is 10.2 Å². The van der Waals surface area contributed by atoms with Crippen LogP contribution in [0, 0.1) is 0 Å². The summed E-state index contributed by atoms with van der Waals surface area (Å²) in [5.74, 6) is -0.230. The number of likely N-dealkylation sites (N-methyl/N-ethyl adjacent to an activating group) is 1. The predicted molar refractivity (Wildman–Crippen MR) is 70.0 cm³/mol. The first-order valence-electron chi connectivity index (χ1n) is 5.77. The van der Waals surface area contributed by atoms with Crippen LogP contribution in [-0.4, -0.2) is 36.9 Å². The minimum atomic E-state index is -0.500.